The van der Waals surface area contributed by atoms with Gasteiger partial charge in [-0.2, -0.15) is 0 Å². The van der Waals surface area contributed by atoms with Crippen LogP contribution in [0.15, 0.2) is 0 Å². The molecule has 5 amide bonds. The first-order valence-electron chi connectivity index (χ1n) is 19.8. The van der Waals surface area contributed by atoms with Crippen molar-refractivity contribution in [3.05, 3.63) is 0 Å². The van der Waals surface area contributed by atoms with E-state index in [0.717, 1.165) is 19.3 Å². The normalized spacial score (nSPS) is 29.0. The number of fused-ring (bicyclic) bond motifs is 1. The first-order valence-corrected chi connectivity index (χ1v) is 19.5. The summed E-state index contributed by atoms with van der Waals surface area (Å²) in [6, 6.07) is -5.57. The monoisotopic (exact) mass is 711 g/mol. The Hall–Kier alpha value is -2.70. The van der Waals surface area contributed by atoms with Gasteiger partial charge in [0.25, 0.3) is 5.91 Å². The van der Waals surface area contributed by atoms with E-state index in [1.165, 1.54) is 4.90 Å². The van der Waals surface area contributed by atoms with Gasteiger partial charge >= 0.3 is 6.03 Å². The van der Waals surface area contributed by atoms with Gasteiger partial charge in [-0.05, 0) is 75.4 Å². The van der Waals surface area contributed by atoms with Crippen LogP contribution in [0.2, 0.25) is 0 Å². The predicted octanol–water partition coefficient (Wildman–Crippen LogP) is 3.62. The second-order valence-electron chi connectivity index (χ2n) is 17.3. The maximum Gasteiger partial charge on any atom is 0.315 e. The molecule has 1 heterocycles. The molecule has 1 aliphatic heterocycles. The van der Waals surface area contributed by atoms with Gasteiger partial charge in [-0.15, -0.1) is 0 Å². The van der Waals surface area contributed by atoms with Gasteiger partial charge in [0.15, 0.2) is 9.84 Å². The Morgan fingerprint density at radius 1 is 0.959 bits per heavy atom. The van der Waals surface area contributed by atoms with E-state index in [1.54, 1.807) is 41.5 Å². The molecule has 13 heteroatoms. The van der Waals surface area contributed by atoms with Crippen molar-refractivity contribution in [3.8, 4) is 0 Å². The fraction of sp³-hybridized carbons (Fsp3) is 0.861. The number of rotatable bonds is 13. The number of carbonyl (C=O) groups excluding carboxylic acids is 5. The number of likely N-dealkylation sites (tertiary alicyclic amines) is 1. The summed E-state index contributed by atoms with van der Waals surface area (Å²) < 4.78 is 56.7. The molecule has 0 unspecified atom stereocenters. The number of ketones is 1. The van der Waals surface area contributed by atoms with E-state index in [2.05, 4.69) is 21.3 Å². The third kappa shape index (κ3) is 8.79. The minimum absolute atomic E-state index is 0.0304. The molecule has 4 N–H and O–H groups in total. The molecule has 4 fully saturated rings. The number of nitrogens with one attached hydrogen (secondary N) is 4. The molecule has 0 bridgehead atoms. The number of hydrogen-bond acceptors (Lipinski definition) is 7. The van der Waals surface area contributed by atoms with Gasteiger partial charge in [-0.1, -0.05) is 73.6 Å². The Morgan fingerprint density at radius 3 is 2.10 bits per heavy atom. The van der Waals surface area contributed by atoms with Crippen LogP contribution in [-0.2, 0) is 29.0 Å². The number of urea groups is 1. The quantitative estimate of drug-likeness (QED) is 0.212. The zero-order chi connectivity index (χ0) is 40.3. The highest BCUT2D eigenvalue weighted by Crippen LogP contribution is 2.65. The van der Waals surface area contributed by atoms with Crippen molar-refractivity contribution in [1.29, 1.82) is 0 Å². The lowest BCUT2D eigenvalue weighted by Gasteiger charge is -2.41. The number of hydrogen-bond donors (Lipinski definition) is 4. The minimum atomic E-state index is -3.60. The predicted molar refractivity (Wildman–Crippen MR) is 188 cm³/mol. The molecule has 0 spiro atoms. The van der Waals surface area contributed by atoms with E-state index in [4.69, 9.17) is 5.48 Å². The third-order valence-electron chi connectivity index (χ3n) is 11.0. The number of Topliss-reactive ketones (excluding diaryl/α,β-unsaturated/α-hetero) is 1. The van der Waals surface area contributed by atoms with Crippen molar-refractivity contribution in [1.82, 2.24) is 26.2 Å². The highest BCUT2D eigenvalue weighted by Gasteiger charge is 2.70. The highest BCUT2D eigenvalue weighted by molar-refractivity contribution is 7.92. The number of piperidine rings is 1. The molecule has 4 aliphatic rings. The molecule has 49 heavy (non-hydrogen) atoms. The highest BCUT2D eigenvalue weighted by atomic mass is 32.2. The number of amides is 5. The largest absolute Gasteiger partial charge is 0.347 e. The van der Waals surface area contributed by atoms with Crippen molar-refractivity contribution >= 4 is 39.4 Å². The van der Waals surface area contributed by atoms with Gasteiger partial charge in [0.1, 0.15) is 12.1 Å². The van der Waals surface area contributed by atoms with Crippen LogP contribution in [-0.4, -0.2) is 89.6 Å². The lowest BCUT2D eigenvalue weighted by Crippen LogP contribution is -2.64. The first-order chi connectivity index (χ1) is 24.1. The fourth-order valence-electron chi connectivity index (χ4n) is 7.56. The Balaban J connectivity index is 1.55. The SMILES string of the molecule is [2H]C1([2H])C(NC(=O)C(=O)[C@H](CCCC)NC(=O)[C@@H]2[C@@H]3[C@H](CN2C(=O)[C@@H](NC(=O)NC2(CS(=O)(=O)C(C)(C)C)CCCCC2)C(C)(C)C)C3(C)C)C1([2H])[2H]. The molecule has 0 aromatic heterocycles. The van der Waals surface area contributed by atoms with Gasteiger partial charge in [-0.25, -0.2) is 13.2 Å². The van der Waals surface area contributed by atoms with Crippen LogP contribution in [0.25, 0.3) is 0 Å². The molecular weight excluding hydrogens is 646 g/mol. The van der Waals surface area contributed by atoms with E-state index < -0.39 is 92.0 Å². The number of sulfone groups is 1. The molecule has 0 aromatic rings. The number of nitrogens with zero attached hydrogens (tertiary/aromatic N) is 1. The summed E-state index contributed by atoms with van der Waals surface area (Å²) in [6.45, 7) is 16.4. The fourth-order valence-corrected chi connectivity index (χ4v) is 9.08. The Labute approximate surface area is 299 Å². The van der Waals surface area contributed by atoms with Gasteiger partial charge in [0.05, 0.1) is 22.1 Å². The van der Waals surface area contributed by atoms with Crippen LogP contribution in [0.4, 0.5) is 4.79 Å². The van der Waals surface area contributed by atoms with Gasteiger partial charge in [0.2, 0.25) is 17.6 Å². The molecule has 0 aromatic carbocycles. The average Bonchev–Trinajstić information content (AvgIpc) is 3.52. The summed E-state index contributed by atoms with van der Waals surface area (Å²) in [4.78, 5) is 70.2. The maximum atomic E-state index is 14.5. The van der Waals surface area contributed by atoms with E-state index in [1.807, 2.05) is 20.8 Å². The lowest BCUT2D eigenvalue weighted by molar-refractivity contribution is -0.145. The molecule has 278 valence electrons. The summed E-state index contributed by atoms with van der Waals surface area (Å²) >= 11 is 0. The van der Waals surface area contributed by atoms with E-state index in [9.17, 15) is 32.4 Å². The topological polar surface area (TPSA) is 171 Å². The van der Waals surface area contributed by atoms with Crippen LogP contribution in [0.5, 0.6) is 0 Å². The third-order valence-corrected chi connectivity index (χ3v) is 13.8. The van der Waals surface area contributed by atoms with E-state index in [-0.39, 0.29) is 36.0 Å². The van der Waals surface area contributed by atoms with E-state index in [0.29, 0.717) is 25.7 Å². The van der Waals surface area contributed by atoms with Crippen LogP contribution in [0, 0.1) is 22.7 Å². The van der Waals surface area contributed by atoms with Crippen molar-refractivity contribution < 1.29 is 37.9 Å². The minimum Gasteiger partial charge on any atom is -0.347 e. The standard InChI is InChI=1S/C36H61N5O7S/c1-10-11-15-24(27(42)30(44)37-22-16-17-22)38-29(43)26-25-23(35(25,8)9)20-41(26)31(45)28(33(2,3)4)39-32(46)40-36(18-13-12-14-19-36)21-49(47,48)34(5,6)7/h22-26,28H,10-21H2,1-9H3,(H,37,44)(H,38,43)(H2,39,40,46)/t23-,24-,25-,26-,28+/m0/s1/i16D2,17D2. The molecule has 12 nitrogen and oxygen atoms in total. The summed E-state index contributed by atoms with van der Waals surface area (Å²) in [7, 11) is -3.60. The zero-order valence-corrected chi connectivity index (χ0v) is 31.6. The van der Waals surface area contributed by atoms with Crippen molar-refractivity contribution in [2.24, 2.45) is 22.7 Å². The summed E-state index contributed by atoms with van der Waals surface area (Å²) in [5.74, 6) is -3.85. The van der Waals surface area contributed by atoms with Crippen molar-refractivity contribution in [2.45, 2.75) is 161 Å². The molecule has 3 aliphatic carbocycles. The summed E-state index contributed by atoms with van der Waals surface area (Å²) in [5.41, 5.74) is -2.12. The Kier molecular flexibility index (Phi) is 9.65. The summed E-state index contributed by atoms with van der Waals surface area (Å²) in [5, 5.41) is 10.7. The van der Waals surface area contributed by atoms with Gasteiger partial charge in [0, 0.05) is 18.1 Å². The molecule has 3 saturated carbocycles. The van der Waals surface area contributed by atoms with E-state index >= 15 is 0 Å². The van der Waals surface area contributed by atoms with Gasteiger partial charge in [-0.3, -0.25) is 19.2 Å². The number of carbonyl (C=O) groups is 5. The maximum absolute atomic E-state index is 14.5. The van der Waals surface area contributed by atoms with Crippen molar-refractivity contribution in [3.63, 3.8) is 0 Å². The molecule has 5 atom stereocenters. The van der Waals surface area contributed by atoms with Gasteiger partial charge < -0.3 is 26.2 Å². The average molecular weight is 712 g/mol. The zero-order valence-electron chi connectivity index (χ0n) is 34.7. The van der Waals surface area contributed by atoms with Crippen LogP contribution < -0.4 is 21.3 Å². The molecule has 0 radical (unpaired) electrons. The lowest BCUT2D eigenvalue weighted by atomic mass is 9.83. The first kappa shape index (κ1) is 33.4. The second-order valence-corrected chi connectivity index (χ2v) is 20.0. The Bertz CT molecular complexity index is 1570. The summed E-state index contributed by atoms with van der Waals surface area (Å²) in [6.07, 6.45) is -0.0643. The smallest absolute Gasteiger partial charge is 0.315 e. The van der Waals surface area contributed by atoms with Crippen LogP contribution in [0.1, 0.15) is 132 Å². The second kappa shape index (κ2) is 14.1. The van der Waals surface area contributed by atoms with Crippen LogP contribution >= 0.6 is 0 Å². The molecule has 4 rings (SSSR count). The molecule has 1 saturated heterocycles. The molecular formula is C36H61N5O7S. The number of unbranched alkanes of at least 4 members (excludes halogenated alkanes) is 1. The Morgan fingerprint density at radius 2 is 1.57 bits per heavy atom. The van der Waals surface area contributed by atoms with Crippen LogP contribution in [0.3, 0.4) is 0 Å². The van der Waals surface area contributed by atoms with Crippen molar-refractivity contribution in [2.75, 3.05) is 12.3 Å².